The van der Waals surface area contributed by atoms with Crippen LogP contribution in [0.4, 0.5) is 0 Å². The highest BCUT2D eigenvalue weighted by atomic mass is 16.5. The van der Waals surface area contributed by atoms with E-state index in [4.69, 9.17) is 4.52 Å². The van der Waals surface area contributed by atoms with Gasteiger partial charge in [-0.05, 0) is 37.5 Å². The van der Waals surface area contributed by atoms with Crippen LogP contribution in [0.2, 0.25) is 0 Å². The lowest BCUT2D eigenvalue weighted by atomic mass is 10.1. The predicted molar refractivity (Wildman–Crippen MR) is 95.4 cm³/mol. The summed E-state index contributed by atoms with van der Waals surface area (Å²) in [5.41, 5.74) is 2.40. The van der Waals surface area contributed by atoms with Crippen molar-refractivity contribution in [3.05, 3.63) is 53.6 Å². The zero-order valence-corrected chi connectivity index (χ0v) is 14.9. The summed E-state index contributed by atoms with van der Waals surface area (Å²) in [5.74, 6) is 1.56. The molecule has 134 valence electrons. The van der Waals surface area contributed by atoms with Gasteiger partial charge in [0, 0.05) is 37.8 Å². The Balaban J connectivity index is 1.39. The molecule has 4 rings (SSSR count). The maximum absolute atomic E-state index is 12.6. The number of aromatic nitrogens is 4. The number of amides is 1. The van der Waals surface area contributed by atoms with Gasteiger partial charge in [0.1, 0.15) is 0 Å². The molecule has 3 heterocycles. The monoisotopic (exact) mass is 351 g/mol. The van der Waals surface area contributed by atoms with Crippen LogP contribution in [0.3, 0.4) is 0 Å². The number of hydrogen-bond acceptors (Lipinski definition) is 5. The molecule has 1 saturated heterocycles. The van der Waals surface area contributed by atoms with Gasteiger partial charge in [0.05, 0.1) is 0 Å². The smallest absolute Gasteiger partial charge is 0.274 e. The minimum atomic E-state index is -0.00529. The van der Waals surface area contributed by atoms with Crippen molar-refractivity contribution in [3.8, 4) is 11.5 Å². The van der Waals surface area contributed by atoms with Gasteiger partial charge in [0.2, 0.25) is 0 Å². The highest BCUT2D eigenvalue weighted by Crippen LogP contribution is 2.23. The third kappa shape index (κ3) is 3.24. The summed E-state index contributed by atoms with van der Waals surface area (Å²) in [6.45, 7) is 3.38. The minimum Gasteiger partial charge on any atom is -0.337 e. The fourth-order valence-electron chi connectivity index (χ4n) is 3.30. The van der Waals surface area contributed by atoms with Crippen LogP contribution in [0.5, 0.6) is 0 Å². The van der Waals surface area contributed by atoms with Crippen LogP contribution in [0.1, 0.15) is 28.4 Å². The Kier molecular flexibility index (Phi) is 4.28. The number of benzene rings is 1. The highest BCUT2D eigenvalue weighted by molar-refractivity contribution is 5.92. The standard InChI is InChI=1S/C19H21N5O2/c1-13-10-16(21-23(13)2)19(25)24-9-8-14(12-24)11-17-20-18(26-22-17)15-6-4-3-5-7-15/h3-7,10,14H,8-9,11-12H2,1-2H3. The first-order chi connectivity index (χ1) is 12.6. The van der Waals surface area contributed by atoms with E-state index < -0.39 is 0 Å². The quantitative estimate of drug-likeness (QED) is 0.722. The SMILES string of the molecule is Cc1cc(C(=O)N2CCC(Cc3noc(-c4ccccc4)n3)C2)nn1C. The van der Waals surface area contributed by atoms with Crippen molar-refractivity contribution in [2.24, 2.45) is 13.0 Å². The summed E-state index contributed by atoms with van der Waals surface area (Å²) in [6, 6.07) is 11.6. The van der Waals surface area contributed by atoms with E-state index in [0.29, 0.717) is 36.3 Å². The maximum Gasteiger partial charge on any atom is 0.274 e. The first-order valence-electron chi connectivity index (χ1n) is 8.78. The van der Waals surface area contributed by atoms with Crippen LogP contribution in [0.15, 0.2) is 40.9 Å². The second-order valence-electron chi connectivity index (χ2n) is 6.79. The Bertz CT molecular complexity index is 896. The van der Waals surface area contributed by atoms with Crippen molar-refractivity contribution in [2.45, 2.75) is 19.8 Å². The Labute approximate surface area is 151 Å². The van der Waals surface area contributed by atoms with E-state index in [1.165, 1.54) is 0 Å². The molecular weight excluding hydrogens is 330 g/mol. The summed E-state index contributed by atoms with van der Waals surface area (Å²) in [4.78, 5) is 19.0. The molecule has 3 aromatic rings. The van der Waals surface area contributed by atoms with Crippen molar-refractivity contribution in [1.82, 2.24) is 24.8 Å². The van der Waals surface area contributed by atoms with Gasteiger partial charge in [-0.2, -0.15) is 10.1 Å². The summed E-state index contributed by atoms with van der Waals surface area (Å²) in [5, 5.41) is 8.38. The van der Waals surface area contributed by atoms with Crippen LogP contribution in [0, 0.1) is 12.8 Å². The van der Waals surface area contributed by atoms with E-state index in [9.17, 15) is 4.79 Å². The van der Waals surface area contributed by atoms with Crippen molar-refractivity contribution in [2.75, 3.05) is 13.1 Å². The molecule has 0 saturated carbocycles. The average molecular weight is 351 g/mol. The van der Waals surface area contributed by atoms with Gasteiger partial charge in [0.15, 0.2) is 11.5 Å². The molecule has 0 N–H and O–H groups in total. The second-order valence-corrected chi connectivity index (χ2v) is 6.79. The molecule has 1 amide bonds. The maximum atomic E-state index is 12.6. The van der Waals surface area contributed by atoms with Gasteiger partial charge in [-0.15, -0.1) is 0 Å². The number of carbonyl (C=O) groups excluding carboxylic acids is 1. The molecule has 0 aliphatic carbocycles. The van der Waals surface area contributed by atoms with Crippen LogP contribution >= 0.6 is 0 Å². The Morgan fingerprint density at radius 2 is 2.12 bits per heavy atom. The number of likely N-dealkylation sites (tertiary alicyclic amines) is 1. The largest absolute Gasteiger partial charge is 0.337 e. The van der Waals surface area contributed by atoms with Crippen molar-refractivity contribution in [1.29, 1.82) is 0 Å². The lowest BCUT2D eigenvalue weighted by Crippen LogP contribution is -2.29. The molecule has 7 nitrogen and oxygen atoms in total. The van der Waals surface area contributed by atoms with Crippen LogP contribution in [-0.2, 0) is 13.5 Å². The third-order valence-corrected chi connectivity index (χ3v) is 4.87. The molecule has 1 aliphatic rings. The normalized spacial score (nSPS) is 17.0. The van der Waals surface area contributed by atoms with Crippen molar-refractivity contribution >= 4 is 5.91 Å². The van der Waals surface area contributed by atoms with Crippen molar-refractivity contribution < 1.29 is 9.32 Å². The second kappa shape index (κ2) is 6.74. The molecule has 26 heavy (non-hydrogen) atoms. The van der Waals surface area contributed by atoms with E-state index in [2.05, 4.69) is 15.2 Å². The zero-order chi connectivity index (χ0) is 18.1. The molecule has 0 radical (unpaired) electrons. The molecule has 1 aliphatic heterocycles. The summed E-state index contributed by atoms with van der Waals surface area (Å²) in [6.07, 6.45) is 1.65. The Morgan fingerprint density at radius 1 is 1.31 bits per heavy atom. The highest BCUT2D eigenvalue weighted by Gasteiger charge is 2.29. The zero-order valence-electron chi connectivity index (χ0n) is 14.9. The molecule has 0 spiro atoms. The summed E-state index contributed by atoms with van der Waals surface area (Å²) in [7, 11) is 1.85. The lowest BCUT2D eigenvalue weighted by molar-refractivity contribution is 0.0780. The van der Waals surface area contributed by atoms with Crippen LogP contribution < -0.4 is 0 Å². The van der Waals surface area contributed by atoms with Gasteiger partial charge in [-0.3, -0.25) is 9.48 Å². The first-order valence-corrected chi connectivity index (χ1v) is 8.78. The molecular formula is C19H21N5O2. The fraction of sp³-hybridized carbons (Fsp3) is 0.368. The van der Waals surface area contributed by atoms with E-state index >= 15 is 0 Å². The Hall–Kier alpha value is -2.96. The minimum absolute atomic E-state index is 0.00529. The topological polar surface area (TPSA) is 77.1 Å². The fourth-order valence-corrected chi connectivity index (χ4v) is 3.30. The van der Waals surface area contributed by atoms with E-state index in [1.807, 2.05) is 55.3 Å². The average Bonchev–Trinajstić information content (AvgIpc) is 3.37. The molecule has 1 atom stereocenters. The van der Waals surface area contributed by atoms with Crippen molar-refractivity contribution in [3.63, 3.8) is 0 Å². The number of rotatable bonds is 4. The lowest BCUT2D eigenvalue weighted by Gasteiger charge is -2.14. The third-order valence-electron chi connectivity index (χ3n) is 4.87. The number of aryl methyl sites for hydroxylation is 2. The predicted octanol–water partition coefficient (Wildman–Crippen LogP) is 2.48. The molecule has 1 fully saturated rings. The molecule has 7 heteroatoms. The van der Waals surface area contributed by atoms with Gasteiger partial charge in [-0.1, -0.05) is 23.4 Å². The van der Waals surface area contributed by atoms with E-state index in [0.717, 1.165) is 24.2 Å². The van der Waals surface area contributed by atoms with Gasteiger partial charge >= 0.3 is 0 Å². The summed E-state index contributed by atoms with van der Waals surface area (Å²) < 4.78 is 7.09. The van der Waals surface area contributed by atoms with E-state index in [-0.39, 0.29) is 5.91 Å². The van der Waals surface area contributed by atoms with E-state index in [1.54, 1.807) is 4.68 Å². The number of hydrogen-bond donors (Lipinski definition) is 0. The summed E-state index contributed by atoms with van der Waals surface area (Å²) >= 11 is 0. The van der Waals surface area contributed by atoms with Crippen LogP contribution in [-0.4, -0.2) is 43.8 Å². The molecule has 1 unspecified atom stereocenters. The molecule has 0 bridgehead atoms. The molecule has 2 aromatic heterocycles. The Morgan fingerprint density at radius 3 is 2.85 bits per heavy atom. The number of carbonyl (C=O) groups is 1. The van der Waals surface area contributed by atoms with Crippen LogP contribution in [0.25, 0.3) is 11.5 Å². The van der Waals surface area contributed by atoms with Gasteiger partial charge in [0.25, 0.3) is 11.8 Å². The molecule has 1 aromatic carbocycles. The van der Waals surface area contributed by atoms with Gasteiger partial charge in [-0.25, -0.2) is 0 Å². The van der Waals surface area contributed by atoms with Gasteiger partial charge < -0.3 is 9.42 Å². The first kappa shape index (κ1) is 16.5. The number of nitrogens with zero attached hydrogens (tertiary/aromatic N) is 5.